The summed E-state index contributed by atoms with van der Waals surface area (Å²) in [4.78, 5) is 59.0. The molecule has 0 spiro atoms. The Morgan fingerprint density at radius 3 is 0.730 bits per heavy atom. The van der Waals surface area contributed by atoms with E-state index in [2.05, 4.69) is 179 Å². The molecule has 0 bridgehead atoms. The summed E-state index contributed by atoms with van der Waals surface area (Å²) in [5, 5.41) is 20.7. The predicted octanol–water partition coefficient (Wildman–Crippen LogP) is 28.1. The maximum absolute atomic E-state index is 13.1. The number of carbonyl (C=O) groups is 3. The minimum absolute atomic E-state index is 0.0924. The van der Waals surface area contributed by atoms with Crippen molar-refractivity contribution in [2.75, 3.05) is 39.6 Å². The Hall–Kier alpha value is -4.83. The van der Waals surface area contributed by atoms with Crippen LogP contribution in [0.3, 0.4) is 0 Å². The van der Waals surface area contributed by atoms with Gasteiger partial charge in [-0.15, -0.1) is 0 Å². The van der Waals surface area contributed by atoms with Crippen LogP contribution < -0.4 is 0 Å². The molecule has 0 radical (unpaired) electrons. The molecule has 5 unspecified atom stereocenters. The molecule has 115 heavy (non-hydrogen) atoms. The van der Waals surface area contributed by atoms with Gasteiger partial charge in [0, 0.05) is 19.3 Å². The molecule has 0 aliphatic heterocycles. The molecule has 0 heterocycles. The van der Waals surface area contributed by atoms with Crippen molar-refractivity contribution in [3.8, 4) is 0 Å². The first kappa shape index (κ1) is 110. The van der Waals surface area contributed by atoms with E-state index in [1.54, 1.807) is 0 Å². The first-order valence-electron chi connectivity index (χ1n) is 45.8. The number of unbranched alkanes of at least 4 members (excludes halogenated alkanes) is 37. The second-order valence-electron chi connectivity index (χ2n) is 30.4. The number of carbonyl (C=O) groups excluding carboxylic acids is 3. The van der Waals surface area contributed by atoms with E-state index < -0.39 is 91.5 Å². The van der Waals surface area contributed by atoms with Gasteiger partial charge >= 0.3 is 33.6 Å². The number of esters is 3. The fraction of sp³-hybridized carbons (Fsp3) is 0.701. The van der Waals surface area contributed by atoms with Crippen LogP contribution in [0.1, 0.15) is 380 Å². The van der Waals surface area contributed by atoms with E-state index in [1.807, 2.05) is 0 Å². The topological polar surface area (TPSA) is 231 Å². The SMILES string of the molecule is CC/C=C\C/C=C\C/C=C\C/C=C\C/C=C\CCCCCCCCCCCCCCCC(=O)OCC(O)COP(=O)(O)OCC(O)COP(=O)(O)OCC(COC(=O)CCCCCCCCCCC/C=C\C/C=C\C/C=C\C/C=C\CCCCC)OC(=O)CCCCCCCCCCC/C=C\C/C=C\C/C=C\C/C=C\CCCCC. The average Bonchev–Trinajstić information content (AvgIpc) is 0.902. The second-order valence-corrected chi connectivity index (χ2v) is 33.3. The van der Waals surface area contributed by atoms with Gasteiger partial charge in [0.25, 0.3) is 0 Å². The van der Waals surface area contributed by atoms with Crippen LogP contribution in [0.25, 0.3) is 0 Å². The van der Waals surface area contributed by atoms with Gasteiger partial charge in [0.05, 0.1) is 26.4 Å². The Labute approximate surface area is 701 Å². The average molecular weight is 1650 g/mol. The van der Waals surface area contributed by atoms with E-state index in [1.165, 1.54) is 161 Å². The van der Waals surface area contributed by atoms with Crippen molar-refractivity contribution in [3.63, 3.8) is 0 Å². The van der Waals surface area contributed by atoms with Crippen LogP contribution in [0.2, 0.25) is 0 Å². The van der Waals surface area contributed by atoms with Gasteiger partial charge in [-0.05, 0) is 154 Å². The highest BCUT2D eigenvalue weighted by Gasteiger charge is 2.29. The summed E-state index contributed by atoms with van der Waals surface area (Å²) in [6.07, 6.45) is 113. The highest BCUT2D eigenvalue weighted by atomic mass is 31.2. The van der Waals surface area contributed by atoms with Gasteiger partial charge in [0.15, 0.2) is 6.10 Å². The van der Waals surface area contributed by atoms with Crippen LogP contribution in [0.15, 0.2) is 158 Å². The number of ether oxygens (including phenoxy) is 3. The Morgan fingerprint density at radius 1 is 0.252 bits per heavy atom. The van der Waals surface area contributed by atoms with E-state index in [0.29, 0.717) is 19.3 Å². The maximum Gasteiger partial charge on any atom is 0.472 e. The fourth-order valence-corrected chi connectivity index (χ4v) is 13.9. The van der Waals surface area contributed by atoms with Gasteiger partial charge < -0.3 is 34.2 Å². The monoisotopic (exact) mass is 1650 g/mol. The molecule has 0 amide bonds. The normalized spacial score (nSPS) is 14.5. The molecule has 0 aliphatic rings. The third-order valence-corrected chi connectivity index (χ3v) is 21.1. The summed E-state index contributed by atoms with van der Waals surface area (Å²) in [7, 11) is -9.82. The van der Waals surface area contributed by atoms with Crippen molar-refractivity contribution < 1.29 is 75.8 Å². The molecule has 0 aliphatic carbocycles. The molecule has 0 aromatic heterocycles. The van der Waals surface area contributed by atoms with Gasteiger partial charge in [-0.25, -0.2) is 9.13 Å². The van der Waals surface area contributed by atoms with Crippen molar-refractivity contribution in [3.05, 3.63) is 158 Å². The number of rotatable bonds is 86. The number of allylic oxidation sites excluding steroid dienone is 26. The molecule has 5 atom stereocenters. The molecular weight excluding hydrogens is 1480 g/mol. The lowest BCUT2D eigenvalue weighted by Crippen LogP contribution is -2.30. The van der Waals surface area contributed by atoms with Gasteiger partial charge in [-0.1, -0.05) is 365 Å². The lowest BCUT2D eigenvalue weighted by atomic mass is 10.0. The van der Waals surface area contributed by atoms with Crippen molar-refractivity contribution in [1.82, 2.24) is 0 Å². The second kappa shape index (κ2) is 88.5. The highest BCUT2D eigenvalue weighted by molar-refractivity contribution is 7.47. The smallest absolute Gasteiger partial charge is 0.463 e. The van der Waals surface area contributed by atoms with Crippen molar-refractivity contribution in [2.24, 2.45) is 0 Å². The van der Waals surface area contributed by atoms with Crippen LogP contribution in [0.4, 0.5) is 0 Å². The molecule has 0 saturated heterocycles. The van der Waals surface area contributed by atoms with E-state index in [-0.39, 0.29) is 19.3 Å². The third-order valence-electron chi connectivity index (χ3n) is 19.2. The van der Waals surface area contributed by atoms with E-state index in [0.717, 1.165) is 161 Å². The van der Waals surface area contributed by atoms with E-state index >= 15 is 0 Å². The van der Waals surface area contributed by atoms with Crippen molar-refractivity contribution >= 4 is 33.6 Å². The molecular formula is C97H166O16P2. The Balaban J connectivity index is 4.66. The minimum Gasteiger partial charge on any atom is -0.463 e. The summed E-state index contributed by atoms with van der Waals surface area (Å²) >= 11 is 0. The van der Waals surface area contributed by atoms with Crippen LogP contribution in [0.5, 0.6) is 0 Å². The molecule has 0 saturated carbocycles. The zero-order valence-corrected chi connectivity index (χ0v) is 74.5. The van der Waals surface area contributed by atoms with Gasteiger partial charge in [-0.3, -0.25) is 32.5 Å². The molecule has 4 N–H and O–H groups in total. The van der Waals surface area contributed by atoms with Crippen molar-refractivity contribution in [1.29, 1.82) is 0 Å². The summed E-state index contributed by atoms with van der Waals surface area (Å²) in [6.45, 7) is 2.54. The minimum atomic E-state index is -4.95. The van der Waals surface area contributed by atoms with Gasteiger partial charge in [0.2, 0.25) is 0 Å². The van der Waals surface area contributed by atoms with E-state index in [9.17, 15) is 43.5 Å². The lowest BCUT2D eigenvalue weighted by Gasteiger charge is -2.21. The standard InChI is InChI=1S/C97H166O16P2/c1-4-7-10-13-16-19-22-25-28-31-34-37-40-43-44-45-46-49-51-53-56-59-62-65-68-71-74-77-80-83-95(100)107-86-92(98)87-109-114(103,104)110-88-93(99)89-111-115(105,106)112-91-94(113-97(102)85-82-79-76-73-70-67-64-61-58-55-52-48-42-39-36-33-30-27-24-21-18-15-12-9-6-3)90-108-96(101)84-81-78-75-72-69-66-63-60-57-54-50-47-41-38-35-32-29-26-23-20-17-14-11-8-5-2/h7,10,16-21,25-30,34-39,43-44,47-48,50,52,92-94,98-99H,4-6,8-9,11-15,22-24,31-33,40-42,45-46,49,51,53-91H2,1-3H3,(H,103,104)(H,105,106)/b10-7-,19-16-,20-17-,21-18-,28-25-,29-26-,30-27-,37-34-,38-35-,39-36-,44-43-,50-47-,52-48-. The highest BCUT2D eigenvalue weighted by Crippen LogP contribution is 2.45. The maximum atomic E-state index is 13.1. The summed E-state index contributed by atoms with van der Waals surface area (Å²) in [5.74, 6) is -1.58. The quantitative estimate of drug-likeness (QED) is 0.0146. The Kier molecular flexibility index (Phi) is 84.7. The molecule has 0 aromatic carbocycles. The summed E-state index contributed by atoms with van der Waals surface area (Å²) in [6, 6.07) is 0. The fourth-order valence-electron chi connectivity index (χ4n) is 12.3. The number of phosphoric ester groups is 2. The third kappa shape index (κ3) is 89.8. The molecule has 16 nitrogen and oxygen atoms in total. The van der Waals surface area contributed by atoms with Crippen LogP contribution in [-0.4, -0.2) is 95.9 Å². The number of phosphoric acid groups is 2. The Morgan fingerprint density at radius 2 is 0.461 bits per heavy atom. The Bertz CT molecular complexity index is 2720. The molecule has 18 heteroatoms. The number of aliphatic hydroxyl groups is 2. The zero-order valence-electron chi connectivity index (χ0n) is 72.7. The lowest BCUT2D eigenvalue weighted by molar-refractivity contribution is -0.161. The number of aliphatic hydroxyl groups excluding tert-OH is 2. The molecule has 0 fully saturated rings. The molecule has 0 aromatic rings. The van der Waals surface area contributed by atoms with E-state index in [4.69, 9.17) is 32.3 Å². The number of hydrogen-bond donors (Lipinski definition) is 4. The van der Waals surface area contributed by atoms with Crippen LogP contribution in [-0.2, 0) is 55.8 Å². The summed E-state index contributed by atoms with van der Waals surface area (Å²) < 4.78 is 61.5. The van der Waals surface area contributed by atoms with Crippen LogP contribution in [0, 0.1) is 0 Å². The number of hydrogen-bond acceptors (Lipinski definition) is 14. The van der Waals surface area contributed by atoms with Gasteiger partial charge in [-0.2, -0.15) is 0 Å². The van der Waals surface area contributed by atoms with Crippen LogP contribution >= 0.6 is 15.6 Å². The zero-order chi connectivity index (χ0) is 83.6. The first-order valence-corrected chi connectivity index (χ1v) is 48.8. The largest absolute Gasteiger partial charge is 0.472 e. The summed E-state index contributed by atoms with van der Waals surface area (Å²) in [5.41, 5.74) is 0. The van der Waals surface area contributed by atoms with Gasteiger partial charge in [0.1, 0.15) is 25.4 Å². The molecule has 660 valence electrons. The molecule has 0 rings (SSSR count). The predicted molar refractivity (Wildman–Crippen MR) is 482 cm³/mol. The van der Waals surface area contributed by atoms with Crippen molar-refractivity contribution in [2.45, 2.75) is 399 Å². The first-order chi connectivity index (χ1) is 56.2.